The Morgan fingerprint density at radius 3 is 2.04 bits per heavy atom. The Labute approximate surface area is 430 Å². The van der Waals surface area contributed by atoms with Gasteiger partial charge in [0.1, 0.15) is 5.75 Å². The summed E-state index contributed by atoms with van der Waals surface area (Å²) in [7, 11) is -1.06. The van der Waals surface area contributed by atoms with Crippen molar-refractivity contribution >= 4 is 75.8 Å². The van der Waals surface area contributed by atoms with E-state index in [-0.39, 0.29) is 61.6 Å². The molecule has 0 radical (unpaired) electrons. The molecule has 0 unspecified atom stereocenters. The number of anilines is 3. The van der Waals surface area contributed by atoms with E-state index in [2.05, 4.69) is 58.8 Å². The van der Waals surface area contributed by atoms with E-state index < -0.39 is 31.7 Å². The Morgan fingerprint density at radius 1 is 0.770 bits per heavy atom. The van der Waals surface area contributed by atoms with Gasteiger partial charge in [-0.15, -0.1) is 0 Å². The zero-order valence-corrected chi connectivity index (χ0v) is 43.0. The van der Waals surface area contributed by atoms with E-state index in [4.69, 9.17) is 9.47 Å². The number of carbonyl (C=O) groups is 4. The van der Waals surface area contributed by atoms with Gasteiger partial charge in [0, 0.05) is 63.6 Å². The highest BCUT2D eigenvalue weighted by Crippen LogP contribution is 2.60. The predicted molar refractivity (Wildman–Crippen MR) is 291 cm³/mol. The number of nitrogens with zero attached hydrogens (tertiary/aromatic N) is 2. The number of hydrogen-bond donors (Lipinski definition) is 5. The number of fused-ring (bicyclic) bond motifs is 5. The minimum atomic E-state index is -2.70. The van der Waals surface area contributed by atoms with Crippen molar-refractivity contribution in [2.45, 2.75) is 82.1 Å². The summed E-state index contributed by atoms with van der Waals surface area (Å²) in [6.07, 6.45) is 3.85. The molecule has 2 aromatic heterocycles. The first kappa shape index (κ1) is 48.5. The molecule has 5 atom stereocenters. The summed E-state index contributed by atoms with van der Waals surface area (Å²) in [4.78, 5) is 68.5. The molecule has 3 aliphatic heterocycles. The maximum atomic E-state index is 16.0. The van der Waals surface area contributed by atoms with Crippen LogP contribution in [0, 0.1) is 5.92 Å². The molecule has 1 spiro atoms. The number of benzene rings is 6. The molecule has 5 heterocycles. The van der Waals surface area contributed by atoms with E-state index in [1.807, 2.05) is 134 Å². The highest BCUT2D eigenvalue weighted by molar-refractivity contribution is 6.91. The van der Waals surface area contributed by atoms with Crippen LogP contribution in [0.15, 0.2) is 152 Å². The second-order valence-electron chi connectivity index (χ2n) is 20.7. The number of aliphatic hydroxyl groups excluding tert-OH is 1. The van der Waals surface area contributed by atoms with Crippen molar-refractivity contribution in [3.63, 3.8) is 0 Å². The summed E-state index contributed by atoms with van der Waals surface area (Å²) < 4.78 is 13.0. The number of aromatic nitrogens is 2. The predicted octanol–water partition coefficient (Wildman–Crippen LogP) is 9.12. The molecule has 0 aliphatic carbocycles. The van der Waals surface area contributed by atoms with Gasteiger partial charge in [0.25, 0.3) is 5.91 Å². The molecule has 0 bridgehead atoms. The molecule has 8 aromatic rings. The number of carbonyl (C=O) groups excluding carboxylic acids is 4. The molecule has 11 rings (SSSR count). The fraction of sp³-hybridized carbons (Fsp3) is 0.267. The lowest BCUT2D eigenvalue weighted by molar-refractivity contribution is -0.151. The van der Waals surface area contributed by atoms with Crippen molar-refractivity contribution in [3.05, 3.63) is 185 Å². The largest absolute Gasteiger partial charge is 0.497 e. The highest BCUT2D eigenvalue weighted by atomic mass is 28.3. The van der Waals surface area contributed by atoms with Crippen molar-refractivity contribution in [3.8, 4) is 5.75 Å². The van der Waals surface area contributed by atoms with E-state index in [1.165, 1.54) is 0 Å². The summed E-state index contributed by atoms with van der Waals surface area (Å²) in [5.41, 5.74) is 7.13. The average Bonchev–Trinajstić information content (AvgIpc) is 4.15. The number of aliphatic hydroxyl groups is 1. The third-order valence-corrected chi connectivity index (χ3v) is 20.3. The lowest BCUT2D eigenvalue weighted by Gasteiger charge is -2.39. The molecule has 74 heavy (non-hydrogen) atoms. The first-order valence-electron chi connectivity index (χ1n) is 25.4. The molecule has 5 N–H and O–H groups in total. The van der Waals surface area contributed by atoms with Crippen LogP contribution in [-0.4, -0.2) is 77.5 Å². The van der Waals surface area contributed by atoms with E-state index >= 15 is 4.79 Å². The van der Waals surface area contributed by atoms with Crippen LogP contribution in [0.4, 0.5) is 17.1 Å². The number of hydrogen-bond acceptors (Lipinski definition) is 7. The van der Waals surface area contributed by atoms with E-state index in [1.54, 1.807) is 16.9 Å². The van der Waals surface area contributed by atoms with E-state index in [0.717, 1.165) is 60.6 Å². The summed E-state index contributed by atoms with van der Waals surface area (Å²) in [5.74, 6) is -0.536. The lowest BCUT2D eigenvalue weighted by Crippen LogP contribution is -2.52. The summed E-state index contributed by atoms with van der Waals surface area (Å²) >= 11 is 0. The Balaban J connectivity index is 0.953. The molecule has 3 aliphatic rings. The maximum Gasteiger partial charge on any atom is 0.264 e. The number of nitrogens with one attached hydrogen (secondary N) is 4. The lowest BCUT2D eigenvalue weighted by atomic mass is 9.82. The van der Waals surface area contributed by atoms with Crippen LogP contribution in [0.25, 0.3) is 21.8 Å². The molecule has 376 valence electrons. The van der Waals surface area contributed by atoms with Crippen molar-refractivity contribution in [1.82, 2.24) is 14.9 Å². The van der Waals surface area contributed by atoms with E-state index in [0.29, 0.717) is 35.6 Å². The fourth-order valence-electron chi connectivity index (χ4n) is 12.3. The summed E-state index contributed by atoms with van der Waals surface area (Å²) in [6, 6.07) is 44.6. The van der Waals surface area contributed by atoms with Crippen LogP contribution in [0.1, 0.15) is 46.7 Å². The normalized spacial score (nSPS) is 20.3. The van der Waals surface area contributed by atoms with Gasteiger partial charge in [0.05, 0.1) is 65.4 Å². The van der Waals surface area contributed by atoms with E-state index in [9.17, 15) is 19.5 Å². The van der Waals surface area contributed by atoms with Gasteiger partial charge in [-0.1, -0.05) is 110 Å². The monoisotopic (exact) mass is 1000 g/mol. The fourth-order valence-corrected chi connectivity index (χ4v) is 16.3. The zero-order chi connectivity index (χ0) is 51.3. The standard InChI is InChI=1S/C60H60N6O7Si/c1-37-58(74(3,4)47-23-21-46(72-2)22-24-47)54(31-57(70)65-35-40-14-6-5-13-39(40)27-45(65)36-67)73-60(37)50-30-44(64-56(69)29-42-33-62-52-19-10-8-17-49(42)52)20-25-53(50)66(59(60)71)34-38-12-11-15-43(26-38)63-55(68)28-41-32-61-51-18-9-7-16-48(41)51/h5-26,30,32-33,37,45,54,58,61-62,67H,27-29,31,34-36H2,1-4H3,(H,63,68)(H,64,69)/t37-,45+,54+,58-,60+/m1/s1. The molecular weight excluding hydrogens is 945 g/mol. The second kappa shape index (κ2) is 19.6. The molecule has 14 heteroatoms. The van der Waals surface area contributed by atoms with Crippen LogP contribution < -0.4 is 25.5 Å². The molecule has 6 aromatic carbocycles. The van der Waals surface area contributed by atoms with Crippen LogP contribution in [0.5, 0.6) is 5.75 Å². The number of methoxy groups -OCH3 is 1. The van der Waals surface area contributed by atoms with Crippen LogP contribution in [0.3, 0.4) is 0 Å². The number of ether oxygens (including phenoxy) is 2. The first-order valence-corrected chi connectivity index (χ1v) is 28.5. The zero-order valence-electron chi connectivity index (χ0n) is 42.0. The van der Waals surface area contributed by atoms with Crippen LogP contribution in [0.2, 0.25) is 18.6 Å². The number of aromatic amines is 2. The van der Waals surface area contributed by atoms with Gasteiger partial charge in [-0.3, -0.25) is 19.2 Å². The number of amides is 4. The van der Waals surface area contributed by atoms with Gasteiger partial charge in [0.2, 0.25) is 17.7 Å². The topological polar surface area (TPSA) is 169 Å². The van der Waals surface area contributed by atoms with Gasteiger partial charge < -0.3 is 45.0 Å². The van der Waals surface area contributed by atoms with Crippen molar-refractivity contribution in [2.75, 3.05) is 29.3 Å². The Morgan fingerprint density at radius 2 is 1.39 bits per heavy atom. The third kappa shape index (κ3) is 8.75. The number of rotatable bonds is 14. The third-order valence-electron chi connectivity index (χ3n) is 16.0. The molecule has 13 nitrogen and oxygen atoms in total. The Kier molecular flexibility index (Phi) is 12.8. The minimum Gasteiger partial charge on any atom is -0.497 e. The van der Waals surface area contributed by atoms with Gasteiger partial charge in [0.15, 0.2) is 5.60 Å². The molecule has 1 saturated heterocycles. The number of para-hydroxylation sites is 2. The first-order chi connectivity index (χ1) is 35.8. The Bertz CT molecular complexity index is 3460. The second-order valence-corrected chi connectivity index (χ2v) is 25.4. The summed E-state index contributed by atoms with van der Waals surface area (Å²) in [5, 5.41) is 20.0. The SMILES string of the molecule is COc1ccc([Si](C)(C)[C@H]2[C@H](CC(=O)N3Cc4ccccc4C[C@H]3CO)O[C@@]3(C(=O)N(Cc4cccc(NC(=O)Cc5c[nH]c6ccccc56)c4)c4ccc(NC(=O)Cc5c[nH]c6ccccc56)cc43)[C@@H]2C)cc1. The van der Waals surface area contributed by atoms with Gasteiger partial charge in [-0.05, 0) is 94.4 Å². The maximum absolute atomic E-state index is 16.0. The summed E-state index contributed by atoms with van der Waals surface area (Å²) in [6.45, 7) is 6.96. The molecule has 0 saturated carbocycles. The van der Waals surface area contributed by atoms with Gasteiger partial charge in [-0.2, -0.15) is 0 Å². The number of H-pyrrole nitrogens is 2. The quantitative estimate of drug-likeness (QED) is 0.0677. The highest BCUT2D eigenvalue weighted by Gasteiger charge is 2.66. The van der Waals surface area contributed by atoms with Crippen LogP contribution in [-0.2, 0) is 61.9 Å². The van der Waals surface area contributed by atoms with Crippen molar-refractivity contribution < 1.29 is 33.8 Å². The van der Waals surface area contributed by atoms with Crippen molar-refractivity contribution in [2.24, 2.45) is 5.92 Å². The van der Waals surface area contributed by atoms with Gasteiger partial charge in [-0.25, -0.2) is 0 Å². The molecule has 1 fully saturated rings. The smallest absolute Gasteiger partial charge is 0.264 e. The van der Waals surface area contributed by atoms with Crippen molar-refractivity contribution in [1.29, 1.82) is 0 Å². The molecule has 4 amide bonds. The Hall–Kier alpha value is -7.78. The van der Waals surface area contributed by atoms with Gasteiger partial charge >= 0.3 is 0 Å². The minimum absolute atomic E-state index is 0.00797. The average molecular weight is 1010 g/mol. The molecular formula is C60H60N6O7Si. The van der Waals surface area contributed by atoms with Crippen LogP contribution >= 0.6 is 0 Å².